The molecule has 0 aliphatic carbocycles. The summed E-state index contributed by atoms with van der Waals surface area (Å²) in [7, 11) is 3.98. The fourth-order valence-corrected chi connectivity index (χ4v) is 3.03. The number of pyridine rings is 1. The van der Waals surface area contributed by atoms with Gasteiger partial charge >= 0.3 is 0 Å². The number of carbonyl (C=O) groups is 2. The number of nitrogens with zero attached hydrogens (tertiary/aromatic N) is 3. The third-order valence-electron chi connectivity index (χ3n) is 4.58. The molecule has 1 aromatic heterocycles. The van der Waals surface area contributed by atoms with E-state index in [1.165, 1.54) is 0 Å². The van der Waals surface area contributed by atoms with Crippen molar-refractivity contribution in [3.05, 3.63) is 59.9 Å². The number of anilines is 1. The van der Waals surface area contributed by atoms with E-state index >= 15 is 0 Å². The van der Waals surface area contributed by atoms with E-state index in [9.17, 15) is 9.59 Å². The Morgan fingerprint density at radius 1 is 1.23 bits per heavy atom. The van der Waals surface area contributed by atoms with Crippen molar-refractivity contribution < 1.29 is 9.59 Å². The highest BCUT2D eigenvalue weighted by molar-refractivity contribution is 5.89. The molecule has 2 aromatic rings. The van der Waals surface area contributed by atoms with Crippen molar-refractivity contribution in [2.24, 2.45) is 5.92 Å². The Labute approximate surface area is 153 Å². The van der Waals surface area contributed by atoms with Crippen LogP contribution in [0.1, 0.15) is 17.7 Å². The lowest BCUT2D eigenvalue weighted by Gasteiger charge is -2.16. The van der Waals surface area contributed by atoms with Crippen LogP contribution in [0, 0.1) is 5.92 Å². The molecule has 0 bridgehead atoms. The quantitative estimate of drug-likeness (QED) is 0.861. The van der Waals surface area contributed by atoms with E-state index in [1.807, 2.05) is 61.5 Å². The molecule has 3 rings (SSSR count). The standard InChI is InChI=1S/C20H24N4O2/c1-23(2)18-8-6-15(7-9-18)12-22-20(26)16-11-19(25)24(13-16)14-17-5-3-4-10-21-17/h3-10,16H,11-14H2,1-2H3,(H,22,26). The van der Waals surface area contributed by atoms with Crippen LogP contribution in [-0.4, -0.2) is 42.3 Å². The Balaban J connectivity index is 1.51. The van der Waals surface area contributed by atoms with Crippen LogP contribution in [0.2, 0.25) is 0 Å². The summed E-state index contributed by atoms with van der Waals surface area (Å²) in [6.07, 6.45) is 1.97. The summed E-state index contributed by atoms with van der Waals surface area (Å²) in [5.41, 5.74) is 2.99. The molecule has 1 aromatic carbocycles. The average Bonchev–Trinajstić information content (AvgIpc) is 3.01. The zero-order valence-corrected chi connectivity index (χ0v) is 15.2. The van der Waals surface area contributed by atoms with Crippen LogP contribution in [0.15, 0.2) is 48.7 Å². The molecule has 0 saturated carbocycles. The second-order valence-corrected chi connectivity index (χ2v) is 6.78. The predicted octanol–water partition coefficient (Wildman–Crippen LogP) is 1.81. The first-order chi connectivity index (χ1) is 12.5. The SMILES string of the molecule is CN(C)c1ccc(CNC(=O)C2CC(=O)N(Cc3ccccn3)C2)cc1. The highest BCUT2D eigenvalue weighted by Gasteiger charge is 2.34. The van der Waals surface area contributed by atoms with Crippen LogP contribution in [0.25, 0.3) is 0 Å². The van der Waals surface area contributed by atoms with Gasteiger partial charge in [0.1, 0.15) is 0 Å². The largest absolute Gasteiger partial charge is 0.378 e. The van der Waals surface area contributed by atoms with Crippen molar-refractivity contribution in [3.8, 4) is 0 Å². The number of nitrogens with one attached hydrogen (secondary N) is 1. The maximum atomic E-state index is 12.4. The van der Waals surface area contributed by atoms with Crippen LogP contribution < -0.4 is 10.2 Å². The summed E-state index contributed by atoms with van der Waals surface area (Å²) in [4.78, 5) is 32.6. The minimum absolute atomic E-state index is 0.00568. The average molecular weight is 352 g/mol. The summed E-state index contributed by atoms with van der Waals surface area (Å²) >= 11 is 0. The van der Waals surface area contributed by atoms with Crippen molar-refractivity contribution in [1.82, 2.24) is 15.2 Å². The molecule has 26 heavy (non-hydrogen) atoms. The van der Waals surface area contributed by atoms with E-state index in [0.29, 0.717) is 19.6 Å². The Morgan fingerprint density at radius 3 is 2.65 bits per heavy atom. The predicted molar refractivity (Wildman–Crippen MR) is 100 cm³/mol. The second-order valence-electron chi connectivity index (χ2n) is 6.78. The Hall–Kier alpha value is -2.89. The fraction of sp³-hybridized carbons (Fsp3) is 0.350. The van der Waals surface area contributed by atoms with Gasteiger partial charge in [-0.05, 0) is 29.8 Å². The Kier molecular flexibility index (Phi) is 5.51. The molecule has 1 fully saturated rings. The zero-order valence-electron chi connectivity index (χ0n) is 15.2. The first-order valence-electron chi connectivity index (χ1n) is 8.74. The Bertz CT molecular complexity index is 759. The van der Waals surface area contributed by atoms with Gasteiger partial charge in [-0.1, -0.05) is 18.2 Å². The molecule has 2 heterocycles. The molecular weight excluding hydrogens is 328 g/mol. The number of amides is 2. The van der Waals surface area contributed by atoms with Gasteiger partial charge < -0.3 is 15.1 Å². The maximum Gasteiger partial charge on any atom is 0.225 e. The van der Waals surface area contributed by atoms with Crippen LogP contribution in [0.5, 0.6) is 0 Å². The second kappa shape index (κ2) is 7.99. The first kappa shape index (κ1) is 17.9. The molecule has 0 spiro atoms. The van der Waals surface area contributed by atoms with Crippen LogP contribution >= 0.6 is 0 Å². The molecule has 1 atom stereocenters. The molecule has 1 aliphatic rings. The minimum atomic E-state index is -0.299. The number of hydrogen-bond donors (Lipinski definition) is 1. The van der Waals surface area contributed by atoms with Gasteiger partial charge in [0.2, 0.25) is 11.8 Å². The van der Waals surface area contributed by atoms with Crippen molar-refractivity contribution in [1.29, 1.82) is 0 Å². The summed E-state index contributed by atoms with van der Waals surface area (Å²) < 4.78 is 0. The summed E-state index contributed by atoms with van der Waals surface area (Å²) in [5, 5.41) is 2.95. The smallest absolute Gasteiger partial charge is 0.225 e. The van der Waals surface area contributed by atoms with Gasteiger partial charge in [-0.3, -0.25) is 14.6 Å². The molecule has 1 saturated heterocycles. The van der Waals surface area contributed by atoms with E-state index in [-0.39, 0.29) is 24.2 Å². The zero-order chi connectivity index (χ0) is 18.5. The number of likely N-dealkylation sites (tertiary alicyclic amines) is 1. The fourth-order valence-electron chi connectivity index (χ4n) is 3.03. The normalized spacial score (nSPS) is 16.6. The number of aromatic nitrogens is 1. The minimum Gasteiger partial charge on any atom is -0.378 e. The summed E-state index contributed by atoms with van der Waals surface area (Å²) in [6, 6.07) is 13.7. The molecule has 1 unspecified atom stereocenters. The first-order valence-corrected chi connectivity index (χ1v) is 8.74. The molecule has 2 amide bonds. The van der Waals surface area contributed by atoms with Crippen LogP contribution in [-0.2, 0) is 22.7 Å². The number of rotatable bonds is 6. The summed E-state index contributed by atoms with van der Waals surface area (Å²) in [5.74, 6) is -0.364. The molecule has 1 N–H and O–H groups in total. The van der Waals surface area contributed by atoms with Crippen molar-refractivity contribution in [2.75, 3.05) is 25.5 Å². The highest BCUT2D eigenvalue weighted by Crippen LogP contribution is 2.20. The summed E-state index contributed by atoms with van der Waals surface area (Å²) in [6.45, 7) is 1.37. The lowest BCUT2D eigenvalue weighted by molar-refractivity contribution is -0.129. The van der Waals surface area contributed by atoms with Crippen LogP contribution in [0.4, 0.5) is 5.69 Å². The van der Waals surface area contributed by atoms with Gasteiger partial charge in [-0.25, -0.2) is 0 Å². The van der Waals surface area contributed by atoms with Gasteiger partial charge in [-0.15, -0.1) is 0 Å². The third kappa shape index (κ3) is 4.39. The van der Waals surface area contributed by atoms with Crippen molar-refractivity contribution >= 4 is 17.5 Å². The van der Waals surface area contributed by atoms with E-state index in [4.69, 9.17) is 0 Å². The molecule has 6 nitrogen and oxygen atoms in total. The van der Waals surface area contributed by atoms with Gasteiger partial charge in [0.05, 0.1) is 18.2 Å². The number of benzene rings is 1. The van der Waals surface area contributed by atoms with Gasteiger partial charge in [-0.2, -0.15) is 0 Å². The van der Waals surface area contributed by atoms with Crippen LogP contribution in [0.3, 0.4) is 0 Å². The molecule has 136 valence electrons. The lowest BCUT2D eigenvalue weighted by atomic mass is 10.1. The van der Waals surface area contributed by atoms with E-state index < -0.39 is 0 Å². The molecule has 1 aliphatic heterocycles. The van der Waals surface area contributed by atoms with E-state index in [1.54, 1.807) is 11.1 Å². The lowest BCUT2D eigenvalue weighted by Crippen LogP contribution is -2.32. The Morgan fingerprint density at radius 2 is 2.00 bits per heavy atom. The monoisotopic (exact) mass is 352 g/mol. The molecular formula is C20H24N4O2. The van der Waals surface area contributed by atoms with E-state index in [2.05, 4.69) is 10.3 Å². The van der Waals surface area contributed by atoms with Gasteiger partial charge in [0.15, 0.2) is 0 Å². The molecule has 6 heteroatoms. The van der Waals surface area contributed by atoms with Gasteiger partial charge in [0, 0.05) is 45.5 Å². The van der Waals surface area contributed by atoms with Gasteiger partial charge in [0.25, 0.3) is 0 Å². The van der Waals surface area contributed by atoms with E-state index in [0.717, 1.165) is 16.9 Å². The van der Waals surface area contributed by atoms with Crippen molar-refractivity contribution in [2.45, 2.75) is 19.5 Å². The highest BCUT2D eigenvalue weighted by atomic mass is 16.2. The maximum absolute atomic E-state index is 12.4. The third-order valence-corrected chi connectivity index (χ3v) is 4.58. The number of hydrogen-bond acceptors (Lipinski definition) is 4. The molecule has 0 radical (unpaired) electrons. The van der Waals surface area contributed by atoms with Crippen molar-refractivity contribution in [3.63, 3.8) is 0 Å². The number of carbonyl (C=O) groups excluding carboxylic acids is 2. The topological polar surface area (TPSA) is 65.5 Å².